The van der Waals surface area contributed by atoms with E-state index in [9.17, 15) is 13.7 Å². The largest absolute Gasteiger partial charge is 1.00 e. The molecule has 0 aliphatic rings. The molecule has 0 aromatic rings. The van der Waals surface area contributed by atoms with Gasteiger partial charge in [-0.2, -0.15) is 4.20 Å². The van der Waals surface area contributed by atoms with Crippen LogP contribution >= 0.6 is 7.91 Å². The Labute approximate surface area is 65.4 Å². The van der Waals surface area contributed by atoms with Gasteiger partial charge in [0.05, 0.1) is 6.10 Å². The smallest absolute Gasteiger partial charge is 0.753 e. The van der Waals surface area contributed by atoms with Crippen LogP contribution in [0.25, 0.3) is 0 Å². The quantitative estimate of drug-likeness (QED) is 0.331. The zero-order chi connectivity index (χ0) is 6.78. The summed E-state index contributed by atoms with van der Waals surface area (Å²) in [7, 11) is -4.97. The van der Waals surface area contributed by atoms with Crippen LogP contribution in [0, 0.1) is 0 Å². The number of hydrogen-bond acceptors (Lipinski definition) is 3. The van der Waals surface area contributed by atoms with Crippen LogP contribution in [0.3, 0.4) is 0 Å². The van der Waals surface area contributed by atoms with E-state index in [-0.39, 0.29) is 18.9 Å². The molecule has 9 heavy (non-hydrogen) atoms. The standard InChI is InChI=1S/C3H8FO3P.Li/c1-3(2)7-8(4,5)6;/h3H,1-2H3,(H,5,6);/q;+1/p-1. The molecule has 0 aromatic heterocycles. The van der Waals surface area contributed by atoms with Crippen molar-refractivity contribution in [2.24, 2.45) is 0 Å². The van der Waals surface area contributed by atoms with Gasteiger partial charge in [0.2, 0.25) is 0 Å². The number of halogens is 1. The van der Waals surface area contributed by atoms with Crippen LogP contribution in [-0.2, 0) is 9.09 Å². The van der Waals surface area contributed by atoms with E-state index in [1.165, 1.54) is 13.8 Å². The fourth-order valence-corrected chi connectivity index (χ4v) is 0.755. The molecule has 1 atom stereocenters. The van der Waals surface area contributed by atoms with Gasteiger partial charge in [-0.1, -0.05) is 0 Å². The number of hydrogen-bond donors (Lipinski definition) is 0. The van der Waals surface area contributed by atoms with E-state index in [2.05, 4.69) is 4.52 Å². The summed E-state index contributed by atoms with van der Waals surface area (Å²) in [5.74, 6) is 0. The van der Waals surface area contributed by atoms with Gasteiger partial charge in [0.25, 0.3) is 0 Å². The molecule has 0 aliphatic heterocycles. The van der Waals surface area contributed by atoms with E-state index in [1.807, 2.05) is 0 Å². The molecule has 0 aromatic carbocycles. The third-order valence-electron chi connectivity index (χ3n) is 0.337. The summed E-state index contributed by atoms with van der Waals surface area (Å²) in [6.45, 7) is 2.87. The van der Waals surface area contributed by atoms with E-state index >= 15 is 0 Å². The topological polar surface area (TPSA) is 49.4 Å². The maximum Gasteiger partial charge on any atom is 1.00 e. The summed E-state index contributed by atoms with van der Waals surface area (Å²) >= 11 is 0. The summed E-state index contributed by atoms with van der Waals surface area (Å²) in [5, 5.41) is 0. The summed E-state index contributed by atoms with van der Waals surface area (Å²) in [6.07, 6.45) is -0.608. The fraction of sp³-hybridized carbons (Fsp3) is 1.00. The molecule has 0 fully saturated rings. The molecule has 0 rings (SSSR count). The second kappa shape index (κ2) is 4.49. The first-order valence-corrected chi connectivity index (χ1v) is 3.54. The third-order valence-corrected chi connectivity index (χ3v) is 1.01. The van der Waals surface area contributed by atoms with Gasteiger partial charge in [-0.3, -0.25) is 4.57 Å². The van der Waals surface area contributed by atoms with Crippen molar-refractivity contribution in [3.8, 4) is 0 Å². The van der Waals surface area contributed by atoms with Gasteiger partial charge in [-0.05, 0) is 13.8 Å². The first-order valence-electron chi connectivity index (χ1n) is 2.11. The van der Waals surface area contributed by atoms with Crippen LogP contribution < -0.4 is 23.8 Å². The van der Waals surface area contributed by atoms with E-state index in [1.54, 1.807) is 0 Å². The Morgan fingerprint density at radius 2 is 2.00 bits per heavy atom. The van der Waals surface area contributed by atoms with Crippen LogP contribution in [0.1, 0.15) is 13.8 Å². The number of rotatable bonds is 2. The summed E-state index contributed by atoms with van der Waals surface area (Å²) in [6, 6.07) is 0. The van der Waals surface area contributed by atoms with Gasteiger partial charge in [0.15, 0.2) is 0 Å². The van der Waals surface area contributed by atoms with Crippen molar-refractivity contribution in [1.29, 1.82) is 0 Å². The Balaban J connectivity index is 0. The van der Waals surface area contributed by atoms with E-state index in [0.29, 0.717) is 0 Å². The molecule has 0 spiro atoms. The van der Waals surface area contributed by atoms with Crippen molar-refractivity contribution in [3.05, 3.63) is 0 Å². The molecule has 0 saturated heterocycles. The molecule has 1 unspecified atom stereocenters. The van der Waals surface area contributed by atoms with Crippen LogP contribution in [0.15, 0.2) is 0 Å². The minimum atomic E-state index is -4.97. The van der Waals surface area contributed by atoms with Crippen molar-refractivity contribution < 1.29 is 37.0 Å². The van der Waals surface area contributed by atoms with Gasteiger partial charge in [0.1, 0.15) is 0 Å². The van der Waals surface area contributed by atoms with E-state index in [0.717, 1.165) is 0 Å². The minimum absolute atomic E-state index is 0. The normalized spacial score (nSPS) is 16.6. The molecule has 0 saturated carbocycles. The van der Waals surface area contributed by atoms with Crippen molar-refractivity contribution >= 4 is 7.91 Å². The second-order valence-corrected chi connectivity index (χ2v) is 2.66. The molecular formula is C3H7FLiO3P. The van der Waals surface area contributed by atoms with Gasteiger partial charge >= 0.3 is 26.8 Å². The molecule has 0 N–H and O–H groups in total. The SMILES string of the molecule is CC(C)OP(=O)([O-])F.[Li+]. The fourth-order valence-electron chi connectivity index (χ4n) is 0.252. The van der Waals surface area contributed by atoms with Crippen molar-refractivity contribution in [2.45, 2.75) is 20.0 Å². The Bertz CT molecular complexity index is 112. The third kappa shape index (κ3) is 12.0. The maximum absolute atomic E-state index is 11.4. The maximum atomic E-state index is 11.4. The Hall–Kier alpha value is 0.677. The molecule has 0 amide bonds. The molecule has 6 heteroatoms. The molecule has 50 valence electrons. The molecule has 0 radical (unpaired) electrons. The average molecular weight is 148 g/mol. The zero-order valence-corrected chi connectivity index (χ0v) is 6.52. The first-order chi connectivity index (χ1) is 3.42. The molecule has 0 heterocycles. The van der Waals surface area contributed by atoms with Gasteiger partial charge in [0, 0.05) is 0 Å². The van der Waals surface area contributed by atoms with Gasteiger partial charge in [-0.25, -0.2) is 0 Å². The summed E-state index contributed by atoms with van der Waals surface area (Å²) in [5.41, 5.74) is 0. The minimum Gasteiger partial charge on any atom is -0.753 e. The van der Waals surface area contributed by atoms with Crippen LogP contribution in [0.2, 0.25) is 0 Å². The summed E-state index contributed by atoms with van der Waals surface area (Å²) in [4.78, 5) is 9.58. The zero-order valence-electron chi connectivity index (χ0n) is 5.63. The van der Waals surface area contributed by atoms with E-state index < -0.39 is 14.0 Å². The summed E-state index contributed by atoms with van der Waals surface area (Å²) < 4.78 is 24.8. The van der Waals surface area contributed by atoms with E-state index in [4.69, 9.17) is 0 Å². The predicted octanol–water partition coefficient (Wildman–Crippen LogP) is -2.15. The van der Waals surface area contributed by atoms with Crippen molar-refractivity contribution in [3.63, 3.8) is 0 Å². The Kier molecular flexibility index (Phi) is 6.16. The van der Waals surface area contributed by atoms with Crippen LogP contribution in [-0.4, -0.2) is 6.10 Å². The molecule has 0 bridgehead atoms. The first kappa shape index (κ1) is 12.4. The Morgan fingerprint density at radius 1 is 1.67 bits per heavy atom. The van der Waals surface area contributed by atoms with Crippen LogP contribution in [0.5, 0.6) is 0 Å². The van der Waals surface area contributed by atoms with Gasteiger partial charge in [-0.15, -0.1) is 0 Å². The monoisotopic (exact) mass is 148 g/mol. The van der Waals surface area contributed by atoms with Crippen molar-refractivity contribution in [2.75, 3.05) is 0 Å². The van der Waals surface area contributed by atoms with Gasteiger partial charge < -0.3 is 9.42 Å². The molecule has 3 nitrogen and oxygen atoms in total. The second-order valence-electron chi connectivity index (χ2n) is 1.58. The molecular weight excluding hydrogens is 141 g/mol. The Morgan fingerprint density at radius 3 is 2.00 bits per heavy atom. The molecule has 0 aliphatic carbocycles. The average Bonchev–Trinajstić information content (AvgIpc) is 1.21. The van der Waals surface area contributed by atoms with Crippen LogP contribution in [0.4, 0.5) is 4.20 Å². The predicted molar refractivity (Wildman–Crippen MR) is 24.9 cm³/mol. The van der Waals surface area contributed by atoms with Crippen molar-refractivity contribution in [1.82, 2.24) is 0 Å².